The van der Waals surface area contributed by atoms with Gasteiger partial charge in [0, 0.05) is 24.6 Å². The number of benzene rings is 1. The molecule has 8 nitrogen and oxygen atoms in total. The molecule has 0 radical (unpaired) electrons. The minimum atomic E-state index is -0.837. The van der Waals surface area contributed by atoms with Crippen molar-refractivity contribution >= 4 is 11.8 Å². The zero-order valence-corrected chi connectivity index (χ0v) is 16.9. The molecule has 2 aromatic heterocycles. The number of nitrogens with one attached hydrogen (secondary N) is 1. The molecule has 1 unspecified atom stereocenters. The van der Waals surface area contributed by atoms with Gasteiger partial charge in [-0.3, -0.25) is 4.79 Å². The molecule has 2 N–H and O–H groups in total. The monoisotopic (exact) mass is 406 g/mol. The SMILES string of the molecule is O=C(O)CC(Cn1nnc(CCCc2ccc3c(n2)NCCC3)n1)c1ccccc1. The molecule has 0 bridgehead atoms. The molecule has 1 atom stereocenters. The lowest BCUT2D eigenvalue weighted by Crippen LogP contribution is -2.15. The molecule has 1 aliphatic rings. The van der Waals surface area contributed by atoms with Crippen LogP contribution >= 0.6 is 0 Å². The van der Waals surface area contributed by atoms with Crippen molar-refractivity contribution in [2.75, 3.05) is 11.9 Å². The number of hydrogen-bond acceptors (Lipinski definition) is 6. The van der Waals surface area contributed by atoms with Crippen molar-refractivity contribution in [2.24, 2.45) is 0 Å². The molecular weight excluding hydrogens is 380 g/mol. The third kappa shape index (κ3) is 5.20. The summed E-state index contributed by atoms with van der Waals surface area (Å²) in [6.45, 7) is 1.38. The lowest BCUT2D eigenvalue weighted by molar-refractivity contribution is -0.137. The molecular formula is C22H26N6O2. The molecule has 0 saturated carbocycles. The summed E-state index contributed by atoms with van der Waals surface area (Å²) in [4.78, 5) is 17.5. The number of pyridine rings is 1. The third-order valence-corrected chi connectivity index (χ3v) is 5.36. The van der Waals surface area contributed by atoms with E-state index in [2.05, 4.69) is 32.9 Å². The van der Waals surface area contributed by atoms with Gasteiger partial charge in [0.05, 0.1) is 13.0 Å². The van der Waals surface area contributed by atoms with Crippen LogP contribution in [-0.2, 0) is 30.6 Å². The van der Waals surface area contributed by atoms with Crippen molar-refractivity contribution in [3.63, 3.8) is 0 Å². The fourth-order valence-electron chi connectivity index (χ4n) is 3.81. The Kier molecular flexibility index (Phi) is 6.32. The minimum Gasteiger partial charge on any atom is -0.481 e. The van der Waals surface area contributed by atoms with Gasteiger partial charge in [0.15, 0.2) is 5.82 Å². The summed E-state index contributed by atoms with van der Waals surface area (Å²) < 4.78 is 0. The van der Waals surface area contributed by atoms with Crippen LogP contribution in [0.4, 0.5) is 5.82 Å². The molecule has 4 rings (SSSR count). The van der Waals surface area contributed by atoms with Crippen molar-refractivity contribution < 1.29 is 9.90 Å². The number of hydrogen-bond donors (Lipinski definition) is 2. The topological polar surface area (TPSA) is 106 Å². The maximum atomic E-state index is 11.3. The first kappa shape index (κ1) is 20.0. The van der Waals surface area contributed by atoms with Gasteiger partial charge in [0.1, 0.15) is 5.82 Å². The largest absolute Gasteiger partial charge is 0.481 e. The first-order valence-electron chi connectivity index (χ1n) is 10.4. The Bertz CT molecular complexity index is 988. The van der Waals surface area contributed by atoms with Crippen molar-refractivity contribution in [3.8, 4) is 0 Å². The maximum absolute atomic E-state index is 11.3. The molecule has 30 heavy (non-hydrogen) atoms. The second kappa shape index (κ2) is 9.47. The van der Waals surface area contributed by atoms with Gasteiger partial charge in [-0.15, -0.1) is 10.2 Å². The number of aliphatic carboxylic acids is 1. The van der Waals surface area contributed by atoms with Crippen molar-refractivity contribution in [1.29, 1.82) is 0 Å². The van der Waals surface area contributed by atoms with E-state index in [-0.39, 0.29) is 12.3 Å². The number of aromatic nitrogens is 5. The quantitative estimate of drug-likeness (QED) is 0.563. The lowest BCUT2D eigenvalue weighted by Gasteiger charge is -2.17. The van der Waals surface area contributed by atoms with Crippen LogP contribution < -0.4 is 5.32 Å². The normalized spacial score (nSPS) is 14.0. The van der Waals surface area contributed by atoms with E-state index in [4.69, 9.17) is 4.98 Å². The van der Waals surface area contributed by atoms with Gasteiger partial charge >= 0.3 is 5.97 Å². The van der Waals surface area contributed by atoms with E-state index >= 15 is 0 Å². The second-order valence-corrected chi connectivity index (χ2v) is 7.66. The zero-order chi connectivity index (χ0) is 20.8. The van der Waals surface area contributed by atoms with Crippen LogP contribution in [0.1, 0.15) is 47.8 Å². The average Bonchev–Trinajstić information content (AvgIpc) is 3.21. The number of carbonyl (C=O) groups is 1. The summed E-state index contributed by atoms with van der Waals surface area (Å²) in [6.07, 6.45) is 4.73. The highest BCUT2D eigenvalue weighted by Gasteiger charge is 2.18. The first-order valence-corrected chi connectivity index (χ1v) is 10.4. The molecule has 156 valence electrons. The molecule has 8 heteroatoms. The number of nitrogens with zero attached hydrogens (tertiary/aromatic N) is 5. The Balaban J connectivity index is 1.33. The van der Waals surface area contributed by atoms with Crippen LogP contribution in [0.25, 0.3) is 0 Å². The minimum absolute atomic E-state index is 0.0267. The van der Waals surface area contributed by atoms with Crippen LogP contribution in [0, 0.1) is 0 Å². The Morgan fingerprint density at radius 1 is 1.17 bits per heavy atom. The van der Waals surface area contributed by atoms with E-state index in [1.54, 1.807) is 0 Å². The van der Waals surface area contributed by atoms with Crippen LogP contribution in [0.3, 0.4) is 0 Å². The third-order valence-electron chi connectivity index (χ3n) is 5.36. The highest BCUT2D eigenvalue weighted by atomic mass is 16.4. The Hall–Kier alpha value is -3.29. The van der Waals surface area contributed by atoms with Gasteiger partial charge in [-0.2, -0.15) is 4.80 Å². The Morgan fingerprint density at radius 2 is 2.03 bits per heavy atom. The number of aryl methyl sites for hydroxylation is 3. The maximum Gasteiger partial charge on any atom is 0.304 e. The van der Waals surface area contributed by atoms with Gasteiger partial charge in [-0.25, -0.2) is 4.98 Å². The number of carboxylic acids is 1. The molecule has 0 amide bonds. The Morgan fingerprint density at radius 3 is 2.87 bits per heavy atom. The fraction of sp³-hybridized carbons (Fsp3) is 0.409. The number of anilines is 1. The van der Waals surface area contributed by atoms with Gasteiger partial charge in [-0.1, -0.05) is 36.4 Å². The number of rotatable bonds is 9. The van der Waals surface area contributed by atoms with Crippen LogP contribution in [0.2, 0.25) is 0 Å². The van der Waals surface area contributed by atoms with E-state index in [1.807, 2.05) is 30.3 Å². The molecule has 0 aliphatic carbocycles. The van der Waals surface area contributed by atoms with Crippen LogP contribution in [0.15, 0.2) is 42.5 Å². The molecule has 3 heterocycles. The summed E-state index contributed by atoms with van der Waals surface area (Å²) in [5, 5.41) is 25.3. The predicted molar refractivity (Wildman–Crippen MR) is 112 cm³/mol. The van der Waals surface area contributed by atoms with Crippen LogP contribution in [-0.4, -0.2) is 42.8 Å². The molecule has 1 aliphatic heterocycles. The van der Waals surface area contributed by atoms with Crippen molar-refractivity contribution in [2.45, 2.75) is 51.0 Å². The average molecular weight is 406 g/mol. The fourth-order valence-corrected chi connectivity index (χ4v) is 3.81. The summed E-state index contributed by atoms with van der Waals surface area (Å²) >= 11 is 0. The molecule has 1 aromatic carbocycles. The van der Waals surface area contributed by atoms with E-state index in [0.717, 1.165) is 49.3 Å². The summed E-state index contributed by atoms with van der Waals surface area (Å²) in [5.41, 5.74) is 3.33. The molecule has 0 saturated heterocycles. The lowest BCUT2D eigenvalue weighted by atomic mass is 9.96. The number of carboxylic acid groups (broad SMARTS) is 1. The number of fused-ring (bicyclic) bond motifs is 1. The summed E-state index contributed by atoms with van der Waals surface area (Å²) in [5.74, 6) is 0.663. The van der Waals surface area contributed by atoms with E-state index < -0.39 is 5.97 Å². The second-order valence-electron chi connectivity index (χ2n) is 7.66. The highest BCUT2D eigenvalue weighted by Crippen LogP contribution is 2.22. The van der Waals surface area contributed by atoms with E-state index in [1.165, 1.54) is 10.4 Å². The van der Waals surface area contributed by atoms with Gasteiger partial charge in [0.2, 0.25) is 0 Å². The summed E-state index contributed by atoms with van der Waals surface area (Å²) in [6, 6.07) is 13.9. The predicted octanol–water partition coefficient (Wildman–Crippen LogP) is 2.86. The van der Waals surface area contributed by atoms with Gasteiger partial charge in [-0.05, 0) is 48.1 Å². The Labute approximate surface area is 175 Å². The zero-order valence-electron chi connectivity index (χ0n) is 16.9. The highest BCUT2D eigenvalue weighted by molar-refractivity contribution is 5.68. The standard InChI is InChI=1S/C22H26N6O2/c29-21(30)14-18(16-6-2-1-3-7-16)15-28-26-20(25-27-28)10-4-9-19-12-11-17-8-5-13-23-22(17)24-19/h1-3,6-7,11-12,18H,4-5,8-10,13-15H2,(H,23,24)(H,29,30). The molecule has 0 spiro atoms. The van der Waals surface area contributed by atoms with Crippen molar-refractivity contribution in [3.05, 3.63) is 65.1 Å². The van der Waals surface area contributed by atoms with Crippen LogP contribution in [0.5, 0.6) is 0 Å². The van der Waals surface area contributed by atoms with Gasteiger partial charge < -0.3 is 10.4 Å². The number of tetrazole rings is 1. The smallest absolute Gasteiger partial charge is 0.304 e. The van der Waals surface area contributed by atoms with E-state index in [9.17, 15) is 9.90 Å². The van der Waals surface area contributed by atoms with E-state index in [0.29, 0.717) is 18.8 Å². The van der Waals surface area contributed by atoms with Gasteiger partial charge in [0.25, 0.3) is 0 Å². The molecule has 3 aromatic rings. The molecule has 0 fully saturated rings. The summed E-state index contributed by atoms with van der Waals surface area (Å²) in [7, 11) is 0. The first-order chi connectivity index (χ1) is 14.7. The van der Waals surface area contributed by atoms with Crippen molar-refractivity contribution in [1.82, 2.24) is 25.2 Å².